The fraction of sp³-hybridized carbons (Fsp3) is 0.717. The average molecular weight is 725 g/mol. The maximum Gasteiger partial charge on any atom is 0.338 e. The quantitative estimate of drug-likeness (QED) is 0.0297. The highest BCUT2D eigenvalue weighted by atomic mass is 16.6. The van der Waals surface area contributed by atoms with Crippen LogP contribution >= 0.6 is 0 Å². The number of carbonyl (C=O) groups is 3. The summed E-state index contributed by atoms with van der Waals surface area (Å²) in [7, 11) is 0. The number of esters is 3. The molecule has 6 heteroatoms. The van der Waals surface area contributed by atoms with E-state index in [1.54, 1.807) is 24.3 Å². The lowest BCUT2D eigenvalue weighted by Gasteiger charge is -2.18. The highest BCUT2D eigenvalue weighted by molar-refractivity contribution is 5.89. The van der Waals surface area contributed by atoms with Gasteiger partial charge in [-0.05, 0) is 76.3 Å². The molecule has 0 heterocycles. The number of rotatable bonds is 36. The molecule has 0 saturated heterocycles. The first-order valence-electron chi connectivity index (χ1n) is 21.4. The van der Waals surface area contributed by atoms with Crippen LogP contribution in [0.4, 0.5) is 0 Å². The van der Waals surface area contributed by atoms with Crippen molar-refractivity contribution in [1.29, 1.82) is 0 Å². The number of hydrogen-bond donors (Lipinski definition) is 0. The van der Waals surface area contributed by atoms with E-state index in [4.69, 9.17) is 14.2 Å². The van der Waals surface area contributed by atoms with Gasteiger partial charge >= 0.3 is 17.9 Å². The van der Waals surface area contributed by atoms with Gasteiger partial charge in [-0.1, -0.05) is 159 Å². The number of hydrogen-bond acceptors (Lipinski definition) is 6. The Kier molecular flexibility index (Phi) is 33.1. The fourth-order valence-electron chi connectivity index (χ4n) is 6.11. The van der Waals surface area contributed by atoms with Crippen molar-refractivity contribution in [3.8, 4) is 0 Å². The van der Waals surface area contributed by atoms with E-state index >= 15 is 0 Å². The van der Waals surface area contributed by atoms with Gasteiger partial charge < -0.3 is 14.2 Å². The van der Waals surface area contributed by atoms with Crippen LogP contribution < -0.4 is 0 Å². The first kappa shape index (κ1) is 47.1. The summed E-state index contributed by atoms with van der Waals surface area (Å²) in [5, 5.41) is 0. The molecule has 1 rings (SSSR count). The molecule has 1 aromatic rings. The first-order valence-corrected chi connectivity index (χ1v) is 21.4. The summed E-state index contributed by atoms with van der Waals surface area (Å²) in [6.07, 6.45) is 40.2. The zero-order chi connectivity index (χ0) is 37.6. The Morgan fingerprint density at radius 3 is 1.21 bits per heavy atom. The van der Waals surface area contributed by atoms with E-state index in [9.17, 15) is 14.4 Å². The topological polar surface area (TPSA) is 78.9 Å². The van der Waals surface area contributed by atoms with Crippen LogP contribution in [0.5, 0.6) is 0 Å². The Morgan fingerprint density at radius 2 is 0.827 bits per heavy atom. The largest absolute Gasteiger partial charge is 0.462 e. The van der Waals surface area contributed by atoms with Crippen LogP contribution in [0.2, 0.25) is 0 Å². The molecule has 0 radical (unpaired) electrons. The Morgan fingerprint density at radius 1 is 0.481 bits per heavy atom. The van der Waals surface area contributed by atoms with Crippen molar-refractivity contribution in [2.75, 3.05) is 13.2 Å². The fourth-order valence-corrected chi connectivity index (χ4v) is 6.11. The Bertz CT molecular complexity index is 977. The van der Waals surface area contributed by atoms with Gasteiger partial charge in [-0.25, -0.2) is 4.79 Å². The first-order chi connectivity index (χ1) is 25.6. The Labute approximate surface area is 318 Å². The van der Waals surface area contributed by atoms with E-state index in [-0.39, 0.29) is 25.2 Å². The normalized spacial score (nSPS) is 11.5. The predicted molar refractivity (Wildman–Crippen MR) is 216 cm³/mol. The lowest BCUT2D eigenvalue weighted by molar-refractivity contribution is -0.152. The number of unbranched alkanes of at least 4 members (excludes halogenated alkanes) is 22. The molecular weight excluding hydrogens is 649 g/mol. The van der Waals surface area contributed by atoms with Gasteiger partial charge in [0.15, 0.2) is 6.10 Å². The minimum Gasteiger partial charge on any atom is -0.462 e. The van der Waals surface area contributed by atoms with Gasteiger partial charge in [0.25, 0.3) is 0 Å². The molecule has 0 aliphatic rings. The van der Waals surface area contributed by atoms with Crippen molar-refractivity contribution < 1.29 is 28.6 Å². The highest BCUT2D eigenvalue weighted by Gasteiger charge is 2.20. The lowest BCUT2D eigenvalue weighted by Crippen LogP contribution is -2.31. The zero-order valence-electron chi connectivity index (χ0n) is 33.4. The van der Waals surface area contributed by atoms with Crippen LogP contribution in [0.1, 0.15) is 204 Å². The molecule has 296 valence electrons. The van der Waals surface area contributed by atoms with Crippen molar-refractivity contribution in [2.45, 2.75) is 200 Å². The maximum absolute atomic E-state index is 12.7. The third kappa shape index (κ3) is 30.7. The van der Waals surface area contributed by atoms with E-state index in [0.29, 0.717) is 18.4 Å². The molecule has 0 unspecified atom stereocenters. The Balaban J connectivity index is 2.20. The molecule has 0 aromatic heterocycles. The second kappa shape index (κ2) is 36.5. The summed E-state index contributed by atoms with van der Waals surface area (Å²) in [5.41, 5.74) is 0.395. The van der Waals surface area contributed by atoms with Crippen molar-refractivity contribution in [3.05, 3.63) is 60.2 Å². The zero-order valence-corrected chi connectivity index (χ0v) is 33.4. The lowest BCUT2D eigenvalue weighted by atomic mass is 10.1. The molecule has 6 nitrogen and oxygen atoms in total. The standard InChI is InChI=1S/C46H76O6/c1-3-5-7-9-11-13-15-17-19-21-23-25-27-29-34-38-44(47)50-40-43(52-46(49)42-36-32-31-33-37-42)41-51-45(48)39-35-30-28-26-24-22-20-18-16-14-12-10-8-6-4-2/h17-20,31-33,36-37,43H,3-16,21-30,34-35,38-41H2,1-2H3/b19-17-,20-18-. The van der Waals surface area contributed by atoms with Gasteiger partial charge in [0.05, 0.1) is 5.56 Å². The molecule has 52 heavy (non-hydrogen) atoms. The van der Waals surface area contributed by atoms with Crippen LogP contribution in [0, 0.1) is 0 Å². The van der Waals surface area contributed by atoms with Crippen LogP contribution in [0.25, 0.3) is 0 Å². The summed E-state index contributed by atoms with van der Waals surface area (Å²) < 4.78 is 16.5. The van der Waals surface area contributed by atoms with Gasteiger partial charge in [-0.2, -0.15) is 0 Å². The molecule has 0 aliphatic heterocycles. The van der Waals surface area contributed by atoms with Crippen molar-refractivity contribution in [3.63, 3.8) is 0 Å². The summed E-state index contributed by atoms with van der Waals surface area (Å²) >= 11 is 0. The molecular formula is C46H76O6. The van der Waals surface area contributed by atoms with Crippen molar-refractivity contribution in [2.24, 2.45) is 0 Å². The van der Waals surface area contributed by atoms with E-state index in [1.165, 1.54) is 103 Å². The predicted octanol–water partition coefficient (Wildman–Crippen LogP) is 13.4. The number of carbonyl (C=O) groups excluding carboxylic acids is 3. The van der Waals surface area contributed by atoms with E-state index in [2.05, 4.69) is 38.2 Å². The smallest absolute Gasteiger partial charge is 0.338 e. The number of benzene rings is 1. The monoisotopic (exact) mass is 725 g/mol. The second-order valence-electron chi connectivity index (χ2n) is 14.4. The van der Waals surface area contributed by atoms with E-state index in [1.807, 2.05) is 6.07 Å². The third-order valence-corrected chi connectivity index (χ3v) is 9.43. The maximum atomic E-state index is 12.7. The van der Waals surface area contributed by atoms with E-state index in [0.717, 1.165) is 64.2 Å². The summed E-state index contributed by atoms with van der Waals surface area (Å²) in [5.74, 6) is -1.18. The van der Waals surface area contributed by atoms with Crippen LogP contribution in [0.3, 0.4) is 0 Å². The summed E-state index contributed by atoms with van der Waals surface area (Å²) in [6, 6.07) is 8.66. The van der Waals surface area contributed by atoms with Crippen LogP contribution in [-0.2, 0) is 23.8 Å². The molecule has 0 bridgehead atoms. The molecule has 0 N–H and O–H groups in total. The molecule has 0 atom stereocenters. The van der Waals surface area contributed by atoms with Crippen molar-refractivity contribution in [1.82, 2.24) is 0 Å². The van der Waals surface area contributed by atoms with E-state index < -0.39 is 12.1 Å². The highest BCUT2D eigenvalue weighted by Crippen LogP contribution is 2.13. The Hall–Kier alpha value is -2.89. The molecule has 0 aliphatic carbocycles. The van der Waals surface area contributed by atoms with Crippen molar-refractivity contribution >= 4 is 17.9 Å². The van der Waals surface area contributed by atoms with Gasteiger partial charge in [0.2, 0.25) is 0 Å². The minimum atomic E-state index is -0.858. The minimum absolute atomic E-state index is 0.136. The molecule has 0 fully saturated rings. The van der Waals surface area contributed by atoms with Gasteiger partial charge in [0.1, 0.15) is 13.2 Å². The van der Waals surface area contributed by atoms with Gasteiger partial charge in [-0.15, -0.1) is 0 Å². The van der Waals surface area contributed by atoms with Gasteiger partial charge in [0, 0.05) is 12.8 Å². The number of allylic oxidation sites excluding steroid dienone is 4. The van der Waals surface area contributed by atoms with Crippen LogP contribution in [0.15, 0.2) is 54.6 Å². The summed E-state index contributed by atoms with van der Waals surface area (Å²) in [4.78, 5) is 37.6. The van der Waals surface area contributed by atoms with Gasteiger partial charge in [-0.3, -0.25) is 9.59 Å². The SMILES string of the molecule is CCCCCCCC/C=C\CCCCCCCC(=O)OCC(COC(=O)CCCCCCC/C=C\CCCCCCCC)OC(=O)c1ccccc1. The third-order valence-electron chi connectivity index (χ3n) is 9.43. The average Bonchev–Trinajstić information content (AvgIpc) is 3.16. The summed E-state index contributed by atoms with van der Waals surface area (Å²) in [6.45, 7) is 4.24. The second-order valence-corrected chi connectivity index (χ2v) is 14.4. The molecule has 0 spiro atoms. The molecule has 1 aromatic carbocycles. The molecule has 0 saturated carbocycles. The number of ether oxygens (including phenoxy) is 3. The molecule has 0 amide bonds. The van der Waals surface area contributed by atoms with Crippen LogP contribution in [-0.4, -0.2) is 37.2 Å².